The first kappa shape index (κ1) is 16.5. The maximum atomic E-state index is 12.9. The molecule has 0 aromatic heterocycles. The number of carbonyl (C=O) groups excluding carboxylic acids is 1. The average molecular weight is 303 g/mol. The van der Waals surface area contributed by atoms with Gasteiger partial charge in [-0.3, -0.25) is 9.59 Å². The van der Waals surface area contributed by atoms with Crippen molar-refractivity contribution in [3.63, 3.8) is 0 Å². The molecule has 2 rings (SSSR count). The van der Waals surface area contributed by atoms with Gasteiger partial charge in [-0.05, 0) is 24.3 Å². The van der Waals surface area contributed by atoms with Gasteiger partial charge < -0.3 is 10.0 Å². The molecule has 22 heavy (non-hydrogen) atoms. The van der Waals surface area contributed by atoms with Crippen molar-refractivity contribution < 1.29 is 14.7 Å². The van der Waals surface area contributed by atoms with Gasteiger partial charge in [-0.2, -0.15) is 0 Å². The SMILES string of the molecule is CCCC(C(=O)N1CCC(C(=O)O)C(C)C1)c1ccccc1. The molecule has 1 aromatic carbocycles. The van der Waals surface area contributed by atoms with E-state index in [1.165, 1.54) is 0 Å². The molecule has 1 aromatic rings. The summed E-state index contributed by atoms with van der Waals surface area (Å²) < 4.78 is 0. The topological polar surface area (TPSA) is 57.6 Å². The Bertz CT molecular complexity index is 514. The Balaban J connectivity index is 2.10. The van der Waals surface area contributed by atoms with E-state index in [1.54, 1.807) is 0 Å². The van der Waals surface area contributed by atoms with Crippen molar-refractivity contribution in [2.24, 2.45) is 11.8 Å². The predicted molar refractivity (Wildman–Crippen MR) is 85.6 cm³/mol. The molecule has 0 aliphatic carbocycles. The highest BCUT2D eigenvalue weighted by Gasteiger charge is 2.35. The summed E-state index contributed by atoms with van der Waals surface area (Å²) in [6.45, 7) is 5.11. The van der Waals surface area contributed by atoms with Gasteiger partial charge in [0.15, 0.2) is 0 Å². The van der Waals surface area contributed by atoms with Gasteiger partial charge in [0.2, 0.25) is 5.91 Å². The molecule has 1 amide bonds. The predicted octanol–water partition coefficient (Wildman–Crippen LogP) is 3.14. The van der Waals surface area contributed by atoms with E-state index in [1.807, 2.05) is 42.2 Å². The van der Waals surface area contributed by atoms with Crippen molar-refractivity contribution in [2.45, 2.75) is 39.0 Å². The number of carboxylic acids is 1. The van der Waals surface area contributed by atoms with E-state index < -0.39 is 5.97 Å². The number of hydrogen-bond acceptors (Lipinski definition) is 2. The van der Waals surface area contributed by atoms with Crippen LogP contribution >= 0.6 is 0 Å². The fourth-order valence-electron chi connectivity index (χ4n) is 3.34. The van der Waals surface area contributed by atoms with Gasteiger partial charge in [-0.1, -0.05) is 50.6 Å². The summed E-state index contributed by atoms with van der Waals surface area (Å²) in [5.74, 6) is -1.03. The van der Waals surface area contributed by atoms with E-state index in [0.29, 0.717) is 19.5 Å². The normalized spacial score (nSPS) is 23.1. The molecule has 1 N–H and O–H groups in total. The average Bonchev–Trinajstić information content (AvgIpc) is 2.52. The molecule has 1 aliphatic rings. The highest BCUT2D eigenvalue weighted by atomic mass is 16.4. The largest absolute Gasteiger partial charge is 0.481 e. The smallest absolute Gasteiger partial charge is 0.306 e. The van der Waals surface area contributed by atoms with Gasteiger partial charge in [0.25, 0.3) is 0 Å². The standard InChI is InChI=1S/C18H25NO3/c1-3-7-16(14-8-5-4-6-9-14)17(20)19-11-10-15(18(21)22)13(2)12-19/h4-6,8-9,13,15-16H,3,7,10-12H2,1-2H3,(H,21,22). The Morgan fingerprint density at radius 2 is 2.00 bits per heavy atom. The number of piperidine rings is 1. The fraction of sp³-hybridized carbons (Fsp3) is 0.556. The second-order valence-electron chi connectivity index (χ2n) is 6.25. The van der Waals surface area contributed by atoms with E-state index in [4.69, 9.17) is 0 Å². The van der Waals surface area contributed by atoms with E-state index in [-0.39, 0.29) is 23.7 Å². The van der Waals surface area contributed by atoms with Crippen LogP contribution in [0.15, 0.2) is 30.3 Å². The zero-order valence-electron chi connectivity index (χ0n) is 13.4. The quantitative estimate of drug-likeness (QED) is 0.909. The van der Waals surface area contributed by atoms with Crippen LogP contribution in [0, 0.1) is 11.8 Å². The summed E-state index contributed by atoms with van der Waals surface area (Å²) in [5, 5.41) is 9.20. The van der Waals surface area contributed by atoms with E-state index in [9.17, 15) is 14.7 Å². The van der Waals surface area contributed by atoms with Crippen molar-refractivity contribution in [3.05, 3.63) is 35.9 Å². The van der Waals surface area contributed by atoms with Crippen molar-refractivity contribution in [1.82, 2.24) is 4.90 Å². The number of nitrogens with zero attached hydrogens (tertiary/aromatic N) is 1. The number of likely N-dealkylation sites (tertiary alicyclic amines) is 1. The van der Waals surface area contributed by atoms with Crippen LogP contribution in [0.4, 0.5) is 0 Å². The summed E-state index contributed by atoms with van der Waals surface area (Å²) in [6, 6.07) is 9.89. The molecule has 3 atom stereocenters. The van der Waals surface area contributed by atoms with E-state index in [0.717, 1.165) is 18.4 Å². The minimum Gasteiger partial charge on any atom is -0.481 e. The molecular formula is C18H25NO3. The highest BCUT2D eigenvalue weighted by molar-refractivity contribution is 5.84. The molecule has 1 saturated heterocycles. The van der Waals surface area contributed by atoms with Crippen LogP contribution in [0.5, 0.6) is 0 Å². The monoisotopic (exact) mass is 303 g/mol. The molecule has 0 saturated carbocycles. The summed E-state index contributed by atoms with van der Waals surface area (Å²) in [6.07, 6.45) is 2.33. The molecule has 4 nitrogen and oxygen atoms in total. The maximum absolute atomic E-state index is 12.9. The van der Waals surface area contributed by atoms with E-state index >= 15 is 0 Å². The van der Waals surface area contributed by atoms with Crippen LogP contribution in [0.1, 0.15) is 44.6 Å². The van der Waals surface area contributed by atoms with Crippen molar-refractivity contribution >= 4 is 11.9 Å². The Labute approximate surface area is 132 Å². The molecule has 3 unspecified atom stereocenters. The maximum Gasteiger partial charge on any atom is 0.306 e. The first-order valence-electron chi connectivity index (χ1n) is 8.11. The Morgan fingerprint density at radius 1 is 1.32 bits per heavy atom. The van der Waals surface area contributed by atoms with Gasteiger partial charge >= 0.3 is 5.97 Å². The third-order valence-corrected chi connectivity index (χ3v) is 4.61. The second kappa shape index (κ2) is 7.43. The van der Waals surface area contributed by atoms with Crippen LogP contribution in [0.2, 0.25) is 0 Å². The molecular weight excluding hydrogens is 278 g/mol. The highest BCUT2D eigenvalue weighted by Crippen LogP contribution is 2.29. The number of carbonyl (C=O) groups is 2. The molecule has 120 valence electrons. The molecule has 1 heterocycles. The number of carboxylic acid groups (broad SMARTS) is 1. The molecule has 1 fully saturated rings. The molecule has 1 aliphatic heterocycles. The van der Waals surface area contributed by atoms with Gasteiger partial charge in [-0.15, -0.1) is 0 Å². The fourth-order valence-corrected chi connectivity index (χ4v) is 3.34. The van der Waals surface area contributed by atoms with Crippen LogP contribution in [-0.2, 0) is 9.59 Å². The van der Waals surface area contributed by atoms with Crippen LogP contribution in [0.25, 0.3) is 0 Å². The molecule has 0 bridgehead atoms. The van der Waals surface area contributed by atoms with Gasteiger partial charge in [0.05, 0.1) is 11.8 Å². The Kier molecular flexibility index (Phi) is 5.58. The van der Waals surface area contributed by atoms with Crippen molar-refractivity contribution in [3.8, 4) is 0 Å². The lowest BCUT2D eigenvalue weighted by atomic mass is 9.85. The number of rotatable bonds is 5. The second-order valence-corrected chi connectivity index (χ2v) is 6.25. The zero-order valence-corrected chi connectivity index (χ0v) is 13.4. The third kappa shape index (κ3) is 3.67. The Morgan fingerprint density at radius 3 is 2.55 bits per heavy atom. The molecule has 0 radical (unpaired) electrons. The molecule has 4 heteroatoms. The van der Waals surface area contributed by atoms with Crippen LogP contribution < -0.4 is 0 Å². The lowest BCUT2D eigenvalue weighted by molar-refractivity contribution is -0.148. The van der Waals surface area contributed by atoms with Gasteiger partial charge in [0, 0.05) is 13.1 Å². The minimum atomic E-state index is -0.743. The number of amides is 1. The van der Waals surface area contributed by atoms with Crippen molar-refractivity contribution in [2.75, 3.05) is 13.1 Å². The lowest BCUT2D eigenvalue weighted by Crippen LogP contribution is -2.46. The summed E-state index contributed by atoms with van der Waals surface area (Å²) in [4.78, 5) is 25.9. The lowest BCUT2D eigenvalue weighted by Gasteiger charge is -2.37. The van der Waals surface area contributed by atoms with E-state index in [2.05, 4.69) is 6.92 Å². The van der Waals surface area contributed by atoms with Gasteiger partial charge in [0.1, 0.15) is 0 Å². The summed E-state index contributed by atoms with van der Waals surface area (Å²) in [5.41, 5.74) is 1.06. The first-order chi connectivity index (χ1) is 10.5. The minimum absolute atomic E-state index is 0.00764. The summed E-state index contributed by atoms with van der Waals surface area (Å²) in [7, 11) is 0. The third-order valence-electron chi connectivity index (χ3n) is 4.61. The van der Waals surface area contributed by atoms with Gasteiger partial charge in [-0.25, -0.2) is 0 Å². The summed E-state index contributed by atoms with van der Waals surface area (Å²) >= 11 is 0. The van der Waals surface area contributed by atoms with Crippen LogP contribution in [-0.4, -0.2) is 35.0 Å². The van der Waals surface area contributed by atoms with Crippen molar-refractivity contribution in [1.29, 1.82) is 0 Å². The Hall–Kier alpha value is -1.84. The first-order valence-corrected chi connectivity index (χ1v) is 8.11. The zero-order chi connectivity index (χ0) is 16.1. The number of hydrogen-bond donors (Lipinski definition) is 1. The molecule has 0 spiro atoms. The number of aliphatic carboxylic acids is 1. The number of benzene rings is 1. The van der Waals surface area contributed by atoms with Crippen LogP contribution in [0.3, 0.4) is 0 Å².